The summed E-state index contributed by atoms with van der Waals surface area (Å²) in [5, 5.41) is 3.32. The largest absolute Gasteiger partial charge is 0.368 e. The van der Waals surface area contributed by atoms with Crippen molar-refractivity contribution in [3.8, 4) is 0 Å². The fourth-order valence-electron chi connectivity index (χ4n) is 3.33. The molecule has 3 N–H and O–H groups in total. The van der Waals surface area contributed by atoms with Crippen LogP contribution in [0.3, 0.4) is 0 Å². The zero-order valence-corrected chi connectivity index (χ0v) is 11.0. The summed E-state index contributed by atoms with van der Waals surface area (Å²) in [5.74, 6) is -0.173. The van der Waals surface area contributed by atoms with Crippen LogP contribution in [0, 0.1) is 0 Å². The molecule has 0 spiro atoms. The monoisotopic (exact) mass is 239 g/mol. The third-order valence-electron chi connectivity index (χ3n) is 4.33. The topological polar surface area (TPSA) is 58.4 Å². The number of nitrogens with zero attached hydrogens (tertiary/aromatic N) is 1. The zero-order valence-electron chi connectivity index (χ0n) is 11.0. The highest BCUT2D eigenvalue weighted by molar-refractivity contribution is 5.85. The quantitative estimate of drug-likeness (QED) is 0.722. The summed E-state index contributed by atoms with van der Waals surface area (Å²) in [4.78, 5) is 14.3. The number of hydrogen-bond acceptors (Lipinski definition) is 3. The third kappa shape index (κ3) is 2.47. The Morgan fingerprint density at radius 2 is 2.06 bits per heavy atom. The van der Waals surface area contributed by atoms with Crippen molar-refractivity contribution in [1.82, 2.24) is 10.2 Å². The number of primary amides is 1. The average Bonchev–Trinajstić information content (AvgIpc) is 3.02. The van der Waals surface area contributed by atoms with E-state index in [9.17, 15) is 4.79 Å². The van der Waals surface area contributed by atoms with Gasteiger partial charge < -0.3 is 11.1 Å². The number of amides is 1. The van der Waals surface area contributed by atoms with Crippen LogP contribution in [0.1, 0.15) is 46.0 Å². The fraction of sp³-hybridized carbons (Fsp3) is 0.923. The second-order valence-electron chi connectivity index (χ2n) is 5.43. The van der Waals surface area contributed by atoms with Gasteiger partial charge in [0.2, 0.25) is 5.91 Å². The first-order valence-electron chi connectivity index (χ1n) is 6.93. The van der Waals surface area contributed by atoms with Crippen LogP contribution in [0.2, 0.25) is 0 Å². The van der Waals surface area contributed by atoms with Crippen molar-refractivity contribution < 1.29 is 4.79 Å². The van der Waals surface area contributed by atoms with E-state index in [0.717, 1.165) is 38.4 Å². The number of carbonyl (C=O) groups excluding carboxylic acids is 1. The summed E-state index contributed by atoms with van der Waals surface area (Å²) >= 11 is 0. The molecule has 2 aliphatic carbocycles. The second kappa shape index (κ2) is 4.94. The van der Waals surface area contributed by atoms with E-state index in [0.29, 0.717) is 6.04 Å². The van der Waals surface area contributed by atoms with Gasteiger partial charge in [-0.05, 0) is 45.2 Å². The summed E-state index contributed by atoms with van der Waals surface area (Å²) in [6, 6.07) is 1.31. The van der Waals surface area contributed by atoms with Crippen LogP contribution in [0.25, 0.3) is 0 Å². The molecule has 0 aliphatic heterocycles. The summed E-state index contributed by atoms with van der Waals surface area (Å²) in [5.41, 5.74) is 5.15. The molecule has 1 amide bonds. The van der Waals surface area contributed by atoms with Crippen LogP contribution < -0.4 is 11.1 Å². The van der Waals surface area contributed by atoms with E-state index in [1.165, 1.54) is 12.8 Å². The summed E-state index contributed by atoms with van der Waals surface area (Å²) in [6.07, 6.45) is 5.54. The standard InChI is InChI=1S/C13H25N3O/c1-3-15-13(12(14)17)8-7-11(9-13)16(4-2)10-5-6-10/h10-11,15H,3-9H2,1-2H3,(H2,14,17). The Labute approximate surface area is 104 Å². The zero-order chi connectivity index (χ0) is 12.5. The first-order valence-corrected chi connectivity index (χ1v) is 6.93. The molecule has 0 aromatic heterocycles. The molecule has 0 bridgehead atoms. The van der Waals surface area contributed by atoms with Gasteiger partial charge in [0.15, 0.2) is 0 Å². The van der Waals surface area contributed by atoms with Gasteiger partial charge in [-0.2, -0.15) is 0 Å². The number of hydrogen-bond donors (Lipinski definition) is 2. The van der Waals surface area contributed by atoms with E-state index in [-0.39, 0.29) is 5.91 Å². The van der Waals surface area contributed by atoms with Crippen LogP contribution >= 0.6 is 0 Å². The van der Waals surface area contributed by atoms with Gasteiger partial charge in [0.1, 0.15) is 0 Å². The predicted molar refractivity (Wildman–Crippen MR) is 68.6 cm³/mol. The Kier molecular flexibility index (Phi) is 3.73. The van der Waals surface area contributed by atoms with Gasteiger partial charge in [0.25, 0.3) is 0 Å². The number of likely N-dealkylation sites (N-methyl/N-ethyl adjacent to an activating group) is 1. The molecule has 2 aliphatic rings. The highest BCUT2D eigenvalue weighted by Gasteiger charge is 2.46. The van der Waals surface area contributed by atoms with Crippen LogP contribution in [0.5, 0.6) is 0 Å². The molecule has 4 heteroatoms. The minimum absolute atomic E-state index is 0.173. The van der Waals surface area contributed by atoms with E-state index >= 15 is 0 Å². The number of nitrogens with one attached hydrogen (secondary N) is 1. The van der Waals surface area contributed by atoms with Crippen molar-refractivity contribution in [2.45, 2.75) is 63.6 Å². The smallest absolute Gasteiger partial charge is 0.237 e. The normalized spacial score (nSPS) is 33.2. The molecular formula is C13H25N3O. The van der Waals surface area contributed by atoms with Gasteiger partial charge in [-0.25, -0.2) is 0 Å². The van der Waals surface area contributed by atoms with Crippen molar-refractivity contribution in [3.05, 3.63) is 0 Å². The van der Waals surface area contributed by atoms with Gasteiger partial charge in [0.05, 0.1) is 5.54 Å². The maximum atomic E-state index is 11.7. The Morgan fingerprint density at radius 1 is 1.35 bits per heavy atom. The molecular weight excluding hydrogens is 214 g/mol. The van der Waals surface area contributed by atoms with E-state index in [2.05, 4.69) is 17.1 Å². The van der Waals surface area contributed by atoms with Crippen LogP contribution in [0.4, 0.5) is 0 Å². The Bertz CT molecular complexity index is 290. The second-order valence-corrected chi connectivity index (χ2v) is 5.43. The molecule has 2 fully saturated rings. The molecule has 2 unspecified atom stereocenters. The van der Waals surface area contributed by atoms with E-state index in [1.54, 1.807) is 0 Å². The van der Waals surface area contributed by atoms with Crippen molar-refractivity contribution in [2.75, 3.05) is 13.1 Å². The van der Waals surface area contributed by atoms with Gasteiger partial charge >= 0.3 is 0 Å². The van der Waals surface area contributed by atoms with Gasteiger partial charge in [-0.3, -0.25) is 9.69 Å². The van der Waals surface area contributed by atoms with Crippen molar-refractivity contribution in [2.24, 2.45) is 5.73 Å². The molecule has 2 rings (SSSR count). The maximum Gasteiger partial charge on any atom is 0.237 e. The predicted octanol–water partition coefficient (Wildman–Crippen LogP) is 0.857. The summed E-state index contributed by atoms with van der Waals surface area (Å²) in [7, 11) is 0. The van der Waals surface area contributed by atoms with E-state index in [1.807, 2.05) is 6.92 Å². The van der Waals surface area contributed by atoms with Crippen LogP contribution in [-0.2, 0) is 4.79 Å². The first kappa shape index (κ1) is 12.8. The lowest BCUT2D eigenvalue weighted by Crippen LogP contribution is -2.54. The Balaban J connectivity index is 2.02. The van der Waals surface area contributed by atoms with Crippen molar-refractivity contribution in [3.63, 3.8) is 0 Å². The molecule has 0 aromatic rings. The van der Waals surface area contributed by atoms with E-state index < -0.39 is 5.54 Å². The third-order valence-corrected chi connectivity index (χ3v) is 4.33. The lowest BCUT2D eigenvalue weighted by Gasteiger charge is -2.31. The molecule has 0 heterocycles. The average molecular weight is 239 g/mol. The molecule has 2 atom stereocenters. The SMILES string of the molecule is CCNC1(C(N)=O)CCC(N(CC)C2CC2)C1. The first-order chi connectivity index (χ1) is 8.13. The highest BCUT2D eigenvalue weighted by atomic mass is 16.1. The fourth-order valence-corrected chi connectivity index (χ4v) is 3.33. The molecule has 4 nitrogen and oxygen atoms in total. The number of rotatable bonds is 6. The maximum absolute atomic E-state index is 11.7. The Hall–Kier alpha value is -0.610. The van der Waals surface area contributed by atoms with E-state index in [4.69, 9.17) is 5.73 Å². The molecule has 0 aromatic carbocycles. The summed E-state index contributed by atoms with van der Waals surface area (Å²) in [6.45, 7) is 6.16. The summed E-state index contributed by atoms with van der Waals surface area (Å²) < 4.78 is 0. The lowest BCUT2D eigenvalue weighted by molar-refractivity contribution is -0.124. The van der Waals surface area contributed by atoms with Crippen LogP contribution in [-0.4, -0.2) is 41.5 Å². The molecule has 0 saturated heterocycles. The minimum atomic E-state index is -0.443. The van der Waals surface area contributed by atoms with Crippen LogP contribution in [0.15, 0.2) is 0 Å². The van der Waals surface area contributed by atoms with Gasteiger partial charge in [-0.15, -0.1) is 0 Å². The lowest BCUT2D eigenvalue weighted by atomic mass is 9.96. The van der Waals surface area contributed by atoms with Gasteiger partial charge in [0, 0.05) is 12.1 Å². The Morgan fingerprint density at radius 3 is 2.53 bits per heavy atom. The van der Waals surface area contributed by atoms with Gasteiger partial charge in [-0.1, -0.05) is 13.8 Å². The molecule has 98 valence electrons. The number of nitrogens with two attached hydrogens (primary N) is 1. The minimum Gasteiger partial charge on any atom is -0.368 e. The number of carbonyl (C=O) groups is 1. The highest BCUT2D eigenvalue weighted by Crippen LogP contribution is 2.38. The molecule has 17 heavy (non-hydrogen) atoms. The molecule has 0 radical (unpaired) electrons. The molecule has 2 saturated carbocycles. The van der Waals surface area contributed by atoms with Crippen molar-refractivity contribution in [1.29, 1.82) is 0 Å². The van der Waals surface area contributed by atoms with Crippen molar-refractivity contribution >= 4 is 5.91 Å².